The third-order valence-corrected chi connectivity index (χ3v) is 6.66. The van der Waals surface area contributed by atoms with E-state index >= 15 is 0 Å². The van der Waals surface area contributed by atoms with E-state index in [4.69, 9.17) is 11.6 Å². The Bertz CT molecular complexity index is 1020. The summed E-state index contributed by atoms with van der Waals surface area (Å²) in [6, 6.07) is 13.4. The minimum absolute atomic E-state index is 0.0460. The van der Waals surface area contributed by atoms with Crippen molar-refractivity contribution in [2.24, 2.45) is 10.9 Å². The maximum absolute atomic E-state index is 12.8. The monoisotopic (exact) mass is 433 g/mol. The molecule has 1 aliphatic rings. The van der Waals surface area contributed by atoms with E-state index in [1.807, 2.05) is 38.1 Å². The highest BCUT2D eigenvalue weighted by Crippen LogP contribution is 2.24. The van der Waals surface area contributed by atoms with Crippen LogP contribution in [0.2, 0.25) is 5.02 Å². The van der Waals surface area contributed by atoms with Crippen molar-refractivity contribution < 1.29 is 13.2 Å². The summed E-state index contributed by atoms with van der Waals surface area (Å²) >= 11 is 5.89. The van der Waals surface area contributed by atoms with E-state index in [-0.39, 0.29) is 22.6 Å². The van der Waals surface area contributed by atoms with Gasteiger partial charge in [-0.2, -0.15) is 0 Å². The second kappa shape index (κ2) is 8.97. The predicted octanol–water partition coefficient (Wildman–Crippen LogP) is 3.15. The number of rotatable bonds is 7. The quantitative estimate of drug-likeness (QED) is 0.703. The molecular formula is C21H24ClN3O3S. The molecule has 2 atom stereocenters. The van der Waals surface area contributed by atoms with Gasteiger partial charge in [-0.1, -0.05) is 56.1 Å². The van der Waals surface area contributed by atoms with E-state index in [0.29, 0.717) is 23.6 Å². The summed E-state index contributed by atoms with van der Waals surface area (Å²) in [5.74, 6) is -0.0431. The van der Waals surface area contributed by atoms with Crippen molar-refractivity contribution in [2.75, 3.05) is 6.54 Å². The standard InChI is InChI=1S/C21H24ClN3O3S/c1-3-14(2)19(21(26)23-13-12-15-8-10-16(22)11-9-15)24-20-17-6-4-5-7-18(17)29(27,28)25-20/h4-11,14,19H,3,12-13H2,1-2H3,(H,23,26)(H,24,25)/t14-,19-/m0/s1. The van der Waals surface area contributed by atoms with Gasteiger partial charge in [0, 0.05) is 17.1 Å². The van der Waals surface area contributed by atoms with Gasteiger partial charge in [0.15, 0.2) is 0 Å². The van der Waals surface area contributed by atoms with Crippen molar-refractivity contribution >= 4 is 33.4 Å². The molecule has 0 saturated carbocycles. The zero-order chi connectivity index (χ0) is 21.0. The van der Waals surface area contributed by atoms with Crippen molar-refractivity contribution in [2.45, 2.75) is 37.6 Å². The summed E-state index contributed by atoms with van der Waals surface area (Å²) in [6.07, 6.45) is 1.41. The van der Waals surface area contributed by atoms with Crippen LogP contribution in [0.5, 0.6) is 0 Å². The van der Waals surface area contributed by atoms with Crippen molar-refractivity contribution in [3.8, 4) is 0 Å². The fraction of sp³-hybridized carbons (Fsp3) is 0.333. The summed E-state index contributed by atoms with van der Waals surface area (Å²) in [5, 5.41) is 3.59. The first-order valence-electron chi connectivity index (χ1n) is 9.54. The van der Waals surface area contributed by atoms with E-state index in [0.717, 1.165) is 12.0 Å². The summed E-state index contributed by atoms with van der Waals surface area (Å²) < 4.78 is 27.1. The number of fused-ring (bicyclic) bond motifs is 1. The Morgan fingerprint density at radius 1 is 1.17 bits per heavy atom. The second-order valence-electron chi connectivity index (χ2n) is 7.08. The largest absolute Gasteiger partial charge is 0.354 e. The first-order chi connectivity index (χ1) is 13.8. The molecule has 1 aliphatic heterocycles. The summed E-state index contributed by atoms with van der Waals surface area (Å²) in [4.78, 5) is 17.5. The number of halogens is 1. The lowest BCUT2D eigenvalue weighted by molar-refractivity contribution is -0.123. The van der Waals surface area contributed by atoms with E-state index in [1.54, 1.807) is 18.2 Å². The highest BCUT2D eigenvalue weighted by Gasteiger charge is 2.32. The summed E-state index contributed by atoms with van der Waals surface area (Å²) in [6.45, 7) is 4.37. The highest BCUT2D eigenvalue weighted by atomic mass is 35.5. The number of amidine groups is 1. The van der Waals surface area contributed by atoms with E-state index in [9.17, 15) is 13.2 Å². The number of carbonyl (C=O) groups excluding carboxylic acids is 1. The normalized spacial score (nSPS) is 18.0. The van der Waals surface area contributed by atoms with Gasteiger partial charge in [0.2, 0.25) is 5.91 Å². The minimum atomic E-state index is -3.64. The molecule has 2 N–H and O–H groups in total. The maximum atomic E-state index is 12.8. The van der Waals surface area contributed by atoms with Gasteiger partial charge in [0.05, 0.1) is 4.90 Å². The first-order valence-corrected chi connectivity index (χ1v) is 11.4. The van der Waals surface area contributed by atoms with Crippen LogP contribution in [0.4, 0.5) is 0 Å². The molecule has 1 heterocycles. The Labute approximate surface area is 176 Å². The number of nitrogens with zero attached hydrogens (tertiary/aromatic N) is 1. The van der Waals surface area contributed by atoms with Crippen LogP contribution in [-0.2, 0) is 21.2 Å². The number of amides is 1. The SMILES string of the molecule is CC[C@H](C)[C@H](N=C1NS(=O)(=O)c2ccccc21)C(=O)NCCc1ccc(Cl)cc1. The maximum Gasteiger partial charge on any atom is 0.263 e. The molecule has 0 spiro atoms. The first kappa shape index (κ1) is 21.3. The number of benzene rings is 2. The topological polar surface area (TPSA) is 87.6 Å². The molecule has 0 saturated heterocycles. The van der Waals surface area contributed by atoms with Gasteiger partial charge in [-0.15, -0.1) is 0 Å². The Balaban J connectivity index is 1.75. The van der Waals surface area contributed by atoms with Gasteiger partial charge in [-0.3, -0.25) is 14.5 Å². The molecule has 8 heteroatoms. The zero-order valence-corrected chi connectivity index (χ0v) is 17.9. The molecule has 6 nitrogen and oxygen atoms in total. The number of aliphatic imine (C=N–C) groups is 1. The molecular weight excluding hydrogens is 410 g/mol. The molecule has 2 aromatic rings. The average molecular weight is 434 g/mol. The summed E-state index contributed by atoms with van der Waals surface area (Å²) in [7, 11) is -3.64. The fourth-order valence-corrected chi connectivity index (χ4v) is 4.49. The molecule has 1 amide bonds. The second-order valence-corrected chi connectivity index (χ2v) is 9.16. The molecule has 0 aliphatic carbocycles. The van der Waals surface area contributed by atoms with Crippen molar-refractivity contribution in [3.63, 3.8) is 0 Å². The molecule has 2 aromatic carbocycles. The van der Waals surface area contributed by atoms with Crippen LogP contribution in [0.3, 0.4) is 0 Å². The fourth-order valence-electron chi connectivity index (χ4n) is 3.12. The molecule has 154 valence electrons. The number of sulfonamides is 1. The lowest BCUT2D eigenvalue weighted by atomic mass is 9.98. The van der Waals surface area contributed by atoms with E-state index in [2.05, 4.69) is 15.0 Å². The summed E-state index contributed by atoms with van der Waals surface area (Å²) in [5.41, 5.74) is 1.56. The molecule has 0 unspecified atom stereocenters. The minimum Gasteiger partial charge on any atom is -0.354 e. The highest BCUT2D eigenvalue weighted by molar-refractivity contribution is 7.90. The van der Waals surface area contributed by atoms with Gasteiger partial charge in [-0.05, 0) is 42.2 Å². The number of carbonyl (C=O) groups is 1. The van der Waals surface area contributed by atoms with Crippen molar-refractivity contribution in [1.29, 1.82) is 0 Å². The molecule has 0 bridgehead atoms. The Morgan fingerprint density at radius 2 is 1.86 bits per heavy atom. The van der Waals surface area contributed by atoms with Gasteiger partial charge in [-0.25, -0.2) is 8.42 Å². The van der Waals surface area contributed by atoms with Crippen LogP contribution in [0, 0.1) is 5.92 Å². The van der Waals surface area contributed by atoms with Gasteiger partial charge >= 0.3 is 0 Å². The lowest BCUT2D eigenvalue weighted by Crippen LogP contribution is -2.40. The van der Waals surface area contributed by atoms with Crippen molar-refractivity contribution in [3.05, 3.63) is 64.7 Å². The van der Waals surface area contributed by atoms with E-state index in [1.165, 1.54) is 6.07 Å². The Hall–Kier alpha value is -2.38. The van der Waals surface area contributed by atoms with Crippen LogP contribution < -0.4 is 10.0 Å². The van der Waals surface area contributed by atoms with Crippen LogP contribution in [0.25, 0.3) is 0 Å². The Kier molecular flexibility index (Phi) is 6.59. The van der Waals surface area contributed by atoms with Crippen molar-refractivity contribution in [1.82, 2.24) is 10.0 Å². The number of nitrogens with one attached hydrogen (secondary N) is 2. The zero-order valence-electron chi connectivity index (χ0n) is 16.4. The third kappa shape index (κ3) is 4.97. The van der Waals surface area contributed by atoms with Gasteiger partial charge < -0.3 is 5.32 Å². The van der Waals surface area contributed by atoms with E-state index < -0.39 is 16.1 Å². The molecule has 3 rings (SSSR count). The Morgan fingerprint density at radius 3 is 2.55 bits per heavy atom. The number of hydrogen-bond acceptors (Lipinski definition) is 4. The van der Waals surface area contributed by atoms with Gasteiger partial charge in [0.1, 0.15) is 11.9 Å². The van der Waals surface area contributed by atoms with Crippen LogP contribution in [-0.4, -0.2) is 32.7 Å². The smallest absolute Gasteiger partial charge is 0.263 e. The van der Waals surface area contributed by atoms with Crippen LogP contribution in [0.1, 0.15) is 31.4 Å². The van der Waals surface area contributed by atoms with Gasteiger partial charge in [0.25, 0.3) is 10.0 Å². The molecule has 0 aromatic heterocycles. The lowest BCUT2D eigenvalue weighted by Gasteiger charge is -2.19. The molecule has 0 radical (unpaired) electrons. The molecule has 29 heavy (non-hydrogen) atoms. The van der Waals surface area contributed by atoms with Crippen LogP contribution >= 0.6 is 11.6 Å². The average Bonchev–Trinajstić information content (AvgIpc) is 2.97. The molecule has 0 fully saturated rings. The third-order valence-electron chi connectivity index (χ3n) is 5.01. The van der Waals surface area contributed by atoms with Crippen LogP contribution in [0.15, 0.2) is 58.4 Å². The number of hydrogen-bond donors (Lipinski definition) is 2. The predicted molar refractivity (Wildman–Crippen MR) is 115 cm³/mol.